The number of carbonyl (C=O) groups excluding carboxylic acids is 2. The Morgan fingerprint density at radius 2 is 1.64 bits per heavy atom. The van der Waals surface area contributed by atoms with E-state index in [1.54, 1.807) is 6.20 Å². The van der Waals surface area contributed by atoms with Crippen LogP contribution in [0.2, 0.25) is 5.02 Å². The van der Waals surface area contributed by atoms with Crippen LogP contribution in [0, 0.1) is 11.8 Å². The van der Waals surface area contributed by atoms with Gasteiger partial charge in [0.25, 0.3) is 0 Å². The van der Waals surface area contributed by atoms with Crippen LogP contribution in [0.1, 0.15) is 19.4 Å². The van der Waals surface area contributed by atoms with Crippen LogP contribution < -0.4 is 4.90 Å². The molecule has 0 radical (unpaired) electrons. The van der Waals surface area contributed by atoms with Crippen molar-refractivity contribution in [3.05, 3.63) is 83.5 Å². The van der Waals surface area contributed by atoms with Crippen molar-refractivity contribution in [2.75, 3.05) is 43.4 Å². The van der Waals surface area contributed by atoms with Gasteiger partial charge in [0.15, 0.2) is 0 Å². The lowest BCUT2D eigenvalue weighted by Gasteiger charge is -2.36. The Morgan fingerprint density at radius 1 is 0.976 bits per heavy atom. The number of aromatic nitrogens is 1. The summed E-state index contributed by atoms with van der Waals surface area (Å²) in [7, 11) is -3.77. The van der Waals surface area contributed by atoms with Gasteiger partial charge in [0.05, 0.1) is 17.7 Å². The second-order valence-corrected chi connectivity index (χ2v) is 13.5. The first-order valence-corrected chi connectivity index (χ1v) is 16.1. The SMILES string of the molecule is CC(C)[C@@H](CS(=O)(=O)N1CCN(c2ccc(-c3ccc(Cl)cc3)cn2)CC1)C(=O)N1C(=O)OC[C@H]1Cc1ccccc1. The summed E-state index contributed by atoms with van der Waals surface area (Å²) >= 11 is 5.99. The first-order valence-electron chi connectivity index (χ1n) is 14.1. The van der Waals surface area contributed by atoms with Gasteiger partial charge in [-0.15, -0.1) is 0 Å². The largest absolute Gasteiger partial charge is 0.447 e. The van der Waals surface area contributed by atoms with Gasteiger partial charge in [0, 0.05) is 43.0 Å². The van der Waals surface area contributed by atoms with Gasteiger partial charge in [-0.05, 0) is 47.7 Å². The maximum Gasteiger partial charge on any atom is 0.416 e. The van der Waals surface area contributed by atoms with E-state index in [2.05, 4.69) is 9.88 Å². The molecule has 3 aromatic rings. The van der Waals surface area contributed by atoms with Crippen molar-refractivity contribution in [3.63, 3.8) is 0 Å². The number of nitrogens with zero attached hydrogens (tertiary/aromatic N) is 4. The summed E-state index contributed by atoms with van der Waals surface area (Å²) in [5.74, 6) is -1.25. The third-order valence-corrected chi connectivity index (χ3v) is 10.1. The van der Waals surface area contributed by atoms with Crippen LogP contribution in [-0.4, -0.2) is 79.2 Å². The fourth-order valence-electron chi connectivity index (χ4n) is 5.41. The predicted molar refractivity (Wildman–Crippen MR) is 163 cm³/mol. The number of sulfonamides is 1. The van der Waals surface area contributed by atoms with Crippen molar-refractivity contribution < 1.29 is 22.7 Å². The number of imide groups is 1. The van der Waals surface area contributed by atoms with E-state index in [0.717, 1.165) is 27.4 Å². The summed E-state index contributed by atoms with van der Waals surface area (Å²) in [5.41, 5.74) is 2.95. The normalized spacial score (nSPS) is 18.8. The van der Waals surface area contributed by atoms with Crippen LogP contribution in [0.25, 0.3) is 11.1 Å². The molecule has 0 saturated carbocycles. The van der Waals surface area contributed by atoms with E-state index >= 15 is 0 Å². The van der Waals surface area contributed by atoms with Crippen molar-refractivity contribution in [2.24, 2.45) is 11.8 Å². The predicted octanol–water partition coefficient (Wildman–Crippen LogP) is 4.72. The summed E-state index contributed by atoms with van der Waals surface area (Å²) in [5, 5.41) is 0.672. The summed E-state index contributed by atoms with van der Waals surface area (Å²) in [6.45, 7) is 5.23. The maximum absolute atomic E-state index is 13.7. The summed E-state index contributed by atoms with van der Waals surface area (Å²) in [6, 6.07) is 20.5. The Bertz CT molecular complexity index is 1490. The molecular formula is C31H35ClN4O5S. The molecule has 2 amide bonds. The standard InChI is InChI=1S/C31H35ClN4O5S/c1-22(2)28(30(37)36-27(20-41-31(36)38)18-23-6-4-3-5-7-23)21-42(39,40)35-16-14-34(15-17-35)29-13-10-25(19-33-29)24-8-11-26(32)12-9-24/h3-13,19,22,27-28H,14-18,20-21H2,1-2H3/t27-,28-/m1/s1. The first-order chi connectivity index (χ1) is 20.1. The molecule has 3 heterocycles. The Labute approximate surface area is 252 Å². The van der Waals surface area contributed by atoms with E-state index in [0.29, 0.717) is 24.5 Å². The number of ether oxygens (including phenoxy) is 1. The summed E-state index contributed by atoms with van der Waals surface area (Å²) in [6.07, 6.45) is 1.54. The van der Waals surface area contributed by atoms with Gasteiger partial charge < -0.3 is 9.64 Å². The zero-order valence-corrected chi connectivity index (χ0v) is 25.3. The van der Waals surface area contributed by atoms with Gasteiger partial charge in [-0.3, -0.25) is 4.79 Å². The van der Waals surface area contributed by atoms with Crippen LogP contribution in [0.5, 0.6) is 0 Å². The highest BCUT2D eigenvalue weighted by molar-refractivity contribution is 7.89. The number of piperazine rings is 1. The zero-order chi connectivity index (χ0) is 29.9. The molecule has 0 unspecified atom stereocenters. The number of amides is 2. The Kier molecular flexibility index (Phi) is 9.15. The van der Waals surface area contributed by atoms with Gasteiger partial charge >= 0.3 is 6.09 Å². The van der Waals surface area contributed by atoms with Crippen LogP contribution >= 0.6 is 11.6 Å². The number of cyclic esters (lactones) is 1. The van der Waals surface area contributed by atoms with E-state index in [1.165, 1.54) is 4.31 Å². The Morgan fingerprint density at radius 3 is 2.26 bits per heavy atom. The maximum atomic E-state index is 13.7. The van der Waals surface area contributed by atoms with Crippen molar-refractivity contribution in [1.29, 1.82) is 0 Å². The number of carbonyl (C=O) groups is 2. The molecule has 11 heteroatoms. The number of rotatable bonds is 9. The highest BCUT2D eigenvalue weighted by Gasteiger charge is 2.43. The van der Waals surface area contributed by atoms with Gasteiger partial charge in [0.1, 0.15) is 12.4 Å². The molecule has 2 saturated heterocycles. The molecule has 42 heavy (non-hydrogen) atoms. The monoisotopic (exact) mass is 610 g/mol. The molecule has 0 N–H and O–H groups in total. The molecule has 0 aliphatic carbocycles. The molecule has 1 aromatic heterocycles. The molecular weight excluding hydrogens is 576 g/mol. The lowest BCUT2D eigenvalue weighted by atomic mass is 9.95. The van der Waals surface area contributed by atoms with Crippen LogP contribution in [-0.2, 0) is 26.0 Å². The van der Waals surface area contributed by atoms with E-state index in [4.69, 9.17) is 16.3 Å². The highest BCUT2D eigenvalue weighted by atomic mass is 35.5. The second kappa shape index (κ2) is 12.8. The van der Waals surface area contributed by atoms with E-state index in [-0.39, 0.29) is 31.4 Å². The molecule has 2 aliphatic heterocycles. The van der Waals surface area contributed by atoms with E-state index in [9.17, 15) is 18.0 Å². The lowest BCUT2D eigenvalue weighted by molar-refractivity contribution is -0.134. The van der Waals surface area contributed by atoms with Crippen molar-refractivity contribution in [2.45, 2.75) is 26.3 Å². The fraction of sp³-hybridized carbons (Fsp3) is 0.387. The number of hydrogen-bond donors (Lipinski definition) is 0. The minimum absolute atomic E-state index is 0.0910. The van der Waals surface area contributed by atoms with Gasteiger partial charge in [-0.2, -0.15) is 4.31 Å². The molecule has 2 fully saturated rings. The summed E-state index contributed by atoms with van der Waals surface area (Å²) in [4.78, 5) is 34.0. The minimum Gasteiger partial charge on any atom is -0.447 e. The molecule has 9 nitrogen and oxygen atoms in total. The molecule has 2 aliphatic rings. The highest BCUT2D eigenvalue weighted by Crippen LogP contribution is 2.27. The quantitative estimate of drug-likeness (QED) is 0.346. The number of benzene rings is 2. The van der Waals surface area contributed by atoms with Crippen molar-refractivity contribution in [1.82, 2.24) is 14.2 Å². The molecule has 0 bridgehead atoms. The average molecular weight is 611 g/mol. The van der Waals surface area contributed by atoms with Crippen molar-refractivity contribution in [3.8, 4) is 11.1 Å². The molecule has 2 aromatic carbocycles. The third kappa shape index (κ3) is 6.77. The number of anilines is 1. The third-order valence-electron chi connectivity index (χ3n) is 7.91. The molecule has 5 rings (SSSR count). The Balaban J connectivity index is 1.22. The van der Waals surface area contributed by atoms with Crippen LogP contribution in [0.15, 0.2) is 72.9 Å². The number of halogens is 1. The van der Waals surface area contributed by atoms with Gasteiger partial charge in [-0.1, -0.05) is 67.9 Å². The lowest BCUT2D eigenvalue weighted by Crippen LogP contribution is -2.52. The van der Waals surface area contributed by atoms with E-state index < -0.39 is 34.0 Å². The smallest absolute Gasteiger partial charge is 0.416 e. The van der Waals surface area contributed by atoms with E-state index in [1.807, 2.05) is 80.6 Å². The fourth-order valence-corrected chi connectivity index (χ4v) is 7.45. The van der Waals surface area contributed by atoms with Gasteiger partial charge in [0.2, 0.25) is 15.9 Å². The molecule has 2 atom stereocenters. The topological polar surface area (TPSA) is 100 Å². The van der Waals surface area contributed by atoms with Crippen molar-refractivity contribution >= 4 is 39.4 Å². The van der Waals surface area contributed by atoms with Crippen LogP contribution in [0.4, 0.5) is 10.6 Å². The zero-order valence-electron chi connectivity index (χ0n) is 23.7. The summed E-state index contributed by atoms with van der Waals surface area (Å²) < 4.78 is 33.7. The first kappa shape index (κ1) is 30.0. The average Bonchev–Trinajstić information content (AvgIpc) is 3.36. The Hall–Kier alpha value is -3.47. The van der Waals surface area contributed by atoms with Gasteiger partial charge in [-0.25, -0.2) is 23.1 Å². The number of hydrogen-bond acceptors (Lipinski definition) is 7. The minimum atomic E-state index is -3.77. The molecule has 0 spiro atoms. The molecule has 222 valence electrons. The second-order valence-electron chi connectivity index (χ2n) is 11.1. The van der Waals surface area contributed by atoms with Crippen LogP contribution in [0.3, 0.4) is 0 Å². The number of pyridine rings is 1.